The van der Waals surface area contributed by atoms with Crippen molar-refractivity contribution in [2.75, 3.05) is 6.61 Å². The van der Waals surface area contributed by atoms with Crippen LogP contribution in [0.3, 0.4) is 0 Å². The van der Waals surface area contributed by atoms with E-state index in [2.05, 4.69) is 29.2 Å². The van der Waals surface area contributed by atoms with E-state index in [1.54, 1.807) is 0 Å². The van der Waals surface area contributed by atoms with E-state index in [1.807, 2.05) is 49.5 Å². The van der Waals surface area contributed by atoms with Crippen LogP contribution >= 0.6 is 0 Å². The second-order valence-electron chi connectivity index (χ2n) is 9.45. The Morgan fingerprint density at radius 1 is 1.03 bits per heavy atom. The zero-order valence-corrected chi connectivity index (χ0v) is 19.0. The molecule has 1 aromatic heterocycles. The average Bonchev–Trinajstić information content (AvgIpc) is 3.23. The maximum atomic E-state index is 13.4. The third-order valence-electron chi connectivity index (χ3n) is 7.50. The number of aromatic nitrogens is 1. The Morgan fingerprint density at radius 3 is 2.55 bits per heavy atom. The number of benzene rings is 2. The molecular weight excluding hydrogens is 412 g/mol. The van der Waals surface area contributed by atoms with Crippen LogP contribution in [0.25, 0.3) is 10.9 Å². The molecule has 2 unspecified atom stereocenters. The maximum Gasteiger partial charge on any atom is 0.416 e. The van der Waals surface area contributed by atoms with Gasteiger partial charge in [0, 0.05) is 17.5 Å². The van der Waals surface area contributed by atoms with E-state index in [0.29, 0.717) is 12.3 Å². The minimum absolute atomic E-state index is 0.0868. The molecule has 0 N–H and O–H groups in total. The van der Waals surface area contributed by atoms with E-state index in [1.165, 1.54) is 15.8 Å². The van der Waals surface area contributed by atoms with Crippen molar-refractivity contribution in [2.24, 2.45) is 11.8 Å². The molecule has 3 aromatic rings. The molecule has 1 saturated carbocycles. The Kier molecular flexibility index (Phi) is 6.12. The highest BCUT2D eigenvalue weighted by Crippen LogP contribution is 2.41. The highest BCUT2D eigenvalue weighted by atomic mass is 16.6. The van der Waals surface area contributed by atoms with E-state index in [-0.39, 0.29) is 30.4 Å². The summed E-state index contributed by atoms with van der Waals surface area (Å²) in [5.74, 6) is 0.493. The van der Waals surface area contributed by atoms with Crippen molar-refractivity contribution >= 4 is 22.9 Å². The first kappa shape index (κ1) is 21.6. The van der Waals surface area contributed by atoms with Crippen LogP contribution in [0, 0.1) is 11.8 Å². The number of para-hydroxylation sites is 1. The van der Waals surface area contributed by atoms with E-state index in [9.17, 15) is 9.59 Å². The number of imide groups is 1. The number of nitrogens with zero attached hydrogens (tertiary/aromatic N) is 2. The smallest absolute Gasteiger partial charge is 0.416 e. The summed E-state index contributed by atoms with van der Waals surface area (Å²) in [6.45, 7) is 2.26. The predicted octanol–water partition coefficient (Wildman–Crippen LogP) is 5.73. The monoisotopic (exact) mass is 442 g/mol. The molecule has 2 heterocycles. The third kappa shape index (κ3) is 4.37. The molecule has 1 aliphatic heterocycles. The standard InChI is InChI=1S/C28H30N2O3/c1-19(27(31)30-23(18-33-28(30)32)17-20-7-3-2-4-8-20)21-11-13-22(14-12-21)24-15-16-29-26-10-6-5-9-25(24)26/h2-10,15-16,19,21-23H,11-14,17-18H2,1H3. The minimum Gasteiger partial charge on any atom is -0.447 e. The largest absolute Gasteiger partial charge is 0.447 e. The number of pyridine rings is 1. The summed E-state index contributed by atoms with van der Waals surface area (Å²) < 4.78 is 5.28. The molecule has 5 rings (SSSR count). The van der Waals surface area contributed by atoms with Crippen LogP contribution < -0.4 is 0 Å². The van der Waals surface area contributed by atoms with Crippen molar-refractivity contribution in [1.82, 2.24) is 9.88 Å². The van der Waals surface area contributed by atoms with Crippen molar-refractivity contribution in [3.05, 3.63) is 78.0 Å². The lowest BCUT2D eigenvalue weighted by Gasteiger charge is -2.34. The Labute approximate surface area is 194 Å². The van der Waals surface area contributed by atoms with E-state index < -0.39 is 6.09 Å². The normalized spacial score (nSPS) is 24.0. The van der Waals surface area contributed by atoms with Crippen molar-refractivity contribution in [3.8, 4) is 0 Å². The molecule has 170 valence electrons. The number of hydrogen-bond donors (Lipinski definition) is 0. The number of amides is 2. The fourth-order valence-corrected chi connectivity index (χ4v) is 5.59. The van der Waals surface area contributed by atoms with Gasteiger partial charge in [-0.05, 0) is 67.2 Å². The van der Waals surface area contributed by atoms with E-state index in [4.69, 9.17) is 4.74 Å². The first-order valence-electron chi connectivity index (χ1n) is 12.0. The Bertz CT molecular complexity index is 1130. The molecule has 2 fully saturated rings. The van der Waals surface area contributed by atoms with Gasteiger partial charge in [0.05, 0.1) is 11.6 Å². The van der Waals surface area contributed by atoms with E-state index >= 15 is 0 Å². The van der Waals surface area contributed by atoms with Gasteiger partial charge in [0.25, 0.3) is 0 Å². The summed E-state index contributed by atoms with van der Waals surface area (Å²) in [7, 11) is 0. The summed E-state index contributed by atoms with van der Waals surface area (Å²) in [4.78, 5) is 31.7. The summed E-state index contributed by atoms with van der Waals surface area (Å²) in [6.07, 6.45) is 6.11. The average molecular weight is 443 g/mol. The fraction of sp³-hybridized carbons (Fsp3) is 0.393. The Morgan fingerprint density at radius 2 is 1.76 bits per heavy atom. The lowest BCUT2D eigenvalue weighted by Crippen LogP contribution is -2.45. The molecule has 33 heavy (non-hydrogen) atoms. The molecule has 0 radical (unpaired) electrons. The topological polar surface area (TPSA) is 59.5 Å². The lowest BCUT2D eigenvalue weighted by molar-refractivity contribution is -0.135. The van der Waals surface area contributed by atoms with Gasteiger partial charge in [-0.3, -0.25) is 9.78 Å². The van der Waals surface area contributed by atoms with Gasteiger partial charge < -0.3 is 4.74 Å². The molecule has 2 atom stereocenters. The van der Waals surface area contributed by atoms with Crippen LogP contribution in [0.5, 0.6) is 0 Å². The fourth-order valence-electron chi connectivity index (χ4n) is 5.59. The maximum absolute atomic E-state index is 13.4. The van der Waals surface area contributed by atoms with Crippen molar-refractivity contribution < 1.29 is 14.3 Å². The molecule has 0 bridgehead atoms. The van der Waals surface area contributed by atoms with Gasteiger partial charge in [-0.25, -0.2) is 9.69 Å². The first-order valence-corrected chi connectivity index (χ1v) is 12.0. The van der Waals surface area contributed by atoms with Gasteiger partial charge in [-0.2, -0.15) is 0 Å². The molecule has 5 nitrogen and oxygen atoms in total. The number of carbonyl (C=O) groups is 2. The summed E-state index contributed by atoms with van der Waals surface area (Å²) in [5.41, 5.74) is 3.51. The number of rotatable bonds is 5. The third-order valence-corrected chi connectivity index (χ3v) is 7.50. The van der Waals surface area contributed by atoms with Gasteiger partial charge in [-0.1, -0.05) is 55.5 Å². The van der Waals surface area contributed by atoms with Gasteiger partial charge in [0.15, 0.2) is 0 Å². The van der Waals surface area contributed by atoms with Crippen LogP contribution in [0.15, 0.2) is 66.9 Å². The number of hydrogen-bond acceptors (Lipinski definition) is 4. The van der Waals surface area contributed by atoms with E-state index in [0.717, 1.165) is 36.8 Å². The van der Waals surface area contributed by atoms with Crippen LogP contribution in [0.4, 0.5) is 4.79 Å². The van der Waals surface area contributed by atoms with Crippen molar-refractivity contribution in [2.45, 2.75) is 51.0 Å². The zero-order valence-electron chi connectivity index (χ0n) is 19.0. The summed E-state index contributed by atoms with van der Waals surface area (Å²) in [5, 5.41) is 1.23. The Balaban J connectivity index is 1.25. The van der Waals surface area contributed by atoms with Gasteiger partial charge in [0.1, 0.15) is 6.61 Å². The van der Waals surface area contributed by atoms with Crippen LogP contribution in [0.1, 0.15) is 49.7 Å². The Hall–Kier alpha value is -3.21. The minimum atomic E-state index is -0.496. The summed E-state index contributed by atoms with van der Waals surface area (Å²) in [6, 6.07) is 20.2. The number of ether oxygens (including phenoxy) is 1. The SMILES string of the molecule is CC(C(=O)N1C(=O)OCC1Cc1ccccc1)C1CCC(c2ccnc3ccccc23)CC1. The molecule has 1 aliphatic carbocycles. The van der Waals surface area contributed by atoms with Gasteiger partial charge in [0.2, 0.25) is 5.91 Å². The summed E-state index contributed by atoms with van der Waals surface area (Å²) >= 11 is 0. The lowest BCUT2D eigenvalue weighted by atomic mass is 9.73. The second-order valence-corrected chi connectivity index (χ2v) is 9.45. The molecule has 5 heteroatoms. The van der Waals surface area contributed by atoms with Gasteiger partial charge in [-0.15, -0.1) is 0 Å². The first-order chi connectivity index (χ1) is 16.1. The molecule has 0 spiro atoms. The van der Waals surface area contributed by atoms with Crippen LogP contribution in [-0.4, -0.2) is 34.5 Å². The highest BCUT2D eigenvalue weighted by molar-refractivity contribution is 5.94. The highest BCUT2D eigenvalue weighted by Gasteiger charge is 2.42. The van der Waals surface area contributed by atoms with Crippen molar-refractivity contribution in [1.29, 1.82) is 0 Å². The number of carbonyl (C=O) groups excluding carboxylic acids is 2. The predicted molar refractivity (Wildman–Crippen MR) is 128 cm³/mol. The van der Waals surface area contributed by atoms with Crippen LogP contribution in [0.2, 0.25) is 0 Å². The van der Waals surface area contributed by atoms with Crippen molar-refractivity contribution in [3.63, 3.8) is 0 Å². The second kappa shape index (κ2) is 9.34. The molecule has 1 saturated heterocycles. The number of cyclic esters (lactones) is 1. The van der Waals surface area contributed by atoms with Gasteiger partial charge >= 0.3 is 6.09 Å². The quantitative estimate of drug-likeness (QED) is 0.506. The molecule has 2 aromatic carbocycles. The molecule has 2 amide bonds. The molecule has 2 aliphatic rings. The number of fused-ring (bicyclic) bond motifs is 1. The zero-order chi connectivity index (χ0) is 22.8. The van der Waals surface area contributed by atoms with Crippen LogP contribution in [-0.2, 0) is 16.0 Å². The molecular formula is C28H30N2O3.